The van der Waals surface area contributed by atoms with Crippen LogP contribution in [0.4, 0.5) is 10.1 Å². The largest absolute Gasteiger partial charge is 0.477 e. The Labute approximate surface area is 186 Å². The van der Waals surface area contributed by atoms with E-state index in [1.807, 2.05) is 9.47 Å². The van der Waals surface area contributed by atoms with E-state index in [2.05, 4.69) is 25.7 Å². The maximum atomic E-state index is 15.0. The number of fused-ring (bicyclic) bond motifs is 1. The average molecular weight is 515 g/mol. The smallest absolute Gasteiger partial charge is 0.341 e. The summed E-state index contributed by atoms with van der Waals surface area (Å²) in [5.74, 6) is -1.75. The number of anilines is 1. The molecule has 0 spiro atoms. The van der Waals surface area contributed by atoms with Crippen LogP contribution in [0.25, 0.3) is 10.9 Å². The minimum Gasteiger partial charge on any atom is -0.477 e. The Balaban J connectivity index is 0.00000240. The van der Waals surface area contributed by atoms with Crippen LogP contribution < -0.4 is 10.3 Å². The van der Waals surface area contributed by atoms with Gasteiger partial charge >= 0.3 is 5.97 Å². The first-order chi connectivity index (χ1) is 13.3. The Morgan fingerprint density at radius 3 is 2.34 bits per heavy atom. The standard InChI is InChI=1S/C21H26FN3O3.HI/c1-4-24-12(2)9-23(10-13(24)3)19-8-18-15(7-17(19)22)20(26)16(21(27)28)11-25(18)14-5-6-14;/h7-8,11-14H,4-6,9-10H2,1-3H3,(H,27,28);1H. The van der Waals surface area contributed by atoms with Crippen LogP contribution in [-0.4, -0.2) is 52.3 Å². The van der Waals surface area contributed by atoms with Crippen molar-refractivity contribution in [2.45, 2.75) is 51.7 Å². The molecule has 1 saturated heterocycles. The molecular weight excluding hydrogens is 488 g/mol. The summed E-state index contributed by atoms with van der Waals surface area (Å²) < 4.78 is 16.9. The Bertz CT molecular complexity index is 993. The summed E-state index contributed by atoms with van der Waals surface area (Å²) in [5, 5.41) is 9.51. The number of carboxylic acid groups (broad SMARTS) is 1. The summed E-state index contributed by atoms with van der Waals surface area (Å²) in [5.41, 5.74) is 0.179. The lowest BCUT2D eigenvalue weighted by Crippen LogP contribution is -2.56. The van der Waals surface area contributed by atoms with Gasteiger partial charge in [0, 0.05) is 42.8 Å². The van der Waals surface area contributed by atoms with Crippen LogP contribution in [0.15, 0.2) is 23.1 Å². The van der Waals surface area contributed by atoms with E-state index in [0.29, 0.717) is 36.4 Å². The molecule has 2 heterocycles. The van der Waals surface area contributed by atoms with Crippen molar-refractivity contribution in [2.24, 2.45) is 0 Å². The zero-order chi connectivity index (χ0) is 20.2. The molecule has 2 aromatic rings. The maximum Gasteiger partial charge on any atom is 0.341 e. The van der Waals surface area contributed by atoms with Gasteiger partial charge in [-0.25, -0.2) is 9.18 Å². The fourth-order valence-electron chi connectivity index (χ4n) is 4.58. The molecule has 1 aliphatic heterocycles. The number of aromatic nitrogens is 1. The first kappa shape index (κ1) is 22.0. The topological polar surface area (TPSA) is 65.8 Å². The highest BCUT2D eigenvalue weighted by molar-refractivity contribution is 14.0. The third-order valence-electron chi connectivity index (χ3n) is 6.08. The van der Waals surface area contributed by atoms with Gasteiger partial charge in [-0.2, -0.15) is 0 Å². The van der Waals surface area contributed by atoms with Gasteiger partial charge < -0.3 is 14.6 Å². The number of nitrogens with zero attached hydrogens (tertiary/aromatic N) is 3. The second-order valence-corrected chi connectivity index (χ2v) is 8.07. The summed E-state index contributed by atoms with van der Waals surface area (Å²) in [4.78, 5) is 28.5. The molecule has 0 amide bonds. The number of benzene rings is 1. The van der Waals surface area contributed by atoms with Crippen molar-refractivity contribution in [3.63, 3.8) is 0 Å². The number of hydrogen-bond donors (Lipinski definition) is 1. The van der Waals surface area contributed by atoms with E-state index in [4.69, 9.17) is 0 Å². The number of aromatic carboxylic acids is 1. The summed E-state index contributed by atoms with van der Waals surface area (Å²) in [6.45, 7) is 8.79. The molecule has 1 aromatic heterocycles. The normalized spacial score (nSPS) is 22.6. The van der Waals surface area contributed by atoms with Gasteiger partial charge in [0.2, 0.25) is 5.43 Å². The van der Waals surface area contributed by atoms with E-state index < -0.39 is 17.2 Å². The van der Waals surface area contributed by atoms with Gasteiger partial charge in [0.1, 0.15) is 11.4 Å². The molecule has 0 radical (unpaired) electrons. The molecule has 6 nitrogen and oxygen atoms in total. The molecule has 2 aliphatic rings. The summed E-state index contributed by atoms with van der Waals surface area (Å²) in [6.07, 6.45) is 3.30. The van der Waals surface area contributed by atoms with E-state index in [9.17, 15) is 14.7 Å². The highest BCUT2D eigenvalue weighted by Gasteiger charge is 2.31. The van der Waals surface area contributed by atoms with Gasteiger partial charge in [-0.05, 0) is 45.4 Å². The molecule has 158 valence electrons. The highest BCUT2D eigenvalue weighted by Crippen LogP contribution is 2.38. The average Bonchev–Trinajstić information content (AvgIpc) is 3.46. The molecule has 4 rings (SSSR count). The van der Waals surface area contributed by atoms with Crippen molar-refractivity contribution in [3.8, 4) is 0 Å². The predicted molar refractivity (Wildman–Crippen MR) is 122 cm³/mol. The van der Waals surface area contributed by atoms with Crippen molar-refractivity contribution in [1.29, 1.82) is 0 Å². The summed E-state index contributed by atoms with van der Waals surface area (Å²) >= 11 is 0. The number of carbonyl (C=O) groups is 1. The van der Waals surface area contributed by atoms with E-state index in [1.165, 1.54) is 12.3 Å². The Morgan fingerprint density at radius 2 is 1.83 bits per heavy atom. The predicted octanol–water partition coefficient (Wildman–Crippen LogP) is 3.71. The van der Waals surface area contributed by atoms with Gasteiger partial charge in [0.25, 0.3) is 0 Å². The zero-order valence-electron chi connectivity index (χ0n) is 16.9. The Hall–Kier alpha value is -1.68. The third-order valence-corrected chi connectivity index (χ3v) is 6.08. The first-order valence-electron chi connectivity index (χ1n) is 9.94. The van der Waals surface area contributed by atoms with Gasteiger partial charge in [-0.15, -0.1) is 24.0 Å². The Morgan fingerprint density at radius 1 is 1.21 bits per heavy atom. The van der Waals surface area contributed by atoms with E-state index in [1.54, 1.807) is 6.07 Å². The fourth-order valence-corrected chi connectivity index (χ4v) is 4.58. The third kappa shape index (κ3) is 3.88. The van der Waals surface area contributed by atoms with Crippen molar-refractivity contribution in [1.82, 2.24) is 9.47 Å². The number of pyridine rings is 1. The minimum absolute atomic E-state index is 0. The number of carboxylic acids is 1. The van der Waals surface area contributed by atoms with Crippen molar-refractivity contribution in [3.05, 3.63) is 39.9 Å². The van der Waals surface area contributed by atoms with E-state index >= 15 is 4.39 Å². The van der Waals surface area contributed by atoms with Crippen molar-refractivity contribution >= 4 is 46.5 Å². The van der Waals surface area contributed by atoms with Crippen LogP contribution >= 0.6 is 24.0 Å². The molecule has 1 aliphatic carbocycles. The zero-order valence-corrected chi connectivity index (χ0v) is 19.2. The molecule has 2 fully saturated rings. The van der Waals surface area contributed by atoms with Gasteiger partial charge in [0.15, 0.2) is 0 Å². The molecule has 1 saturated carbocycles. The molecule has 8 heteroatoms. The van der Waals surface area contributed by atoms with E-state index in [-0.39, 0.29) is 41.0 Å². The molecule has 2 unspecified atom stereocenters. The van der Waals surface area contributed by atoms with Crippen LogP contribution in [0.3, 0.4) is 0 Å². The van der Waals surface area contributed by atoms with Crippen LogP contribution in [0.1, 0.15) is 50.0 Å². The number of halogens is 2. The lowest BCUT2D eigenvalue weighted by atomic mass is 10.1. The second kappa shape index (κ2) is 8.22. The van der Waals surface area contributed by atoms with Crippen LogP contribution in [0.2, 0.25) is 0 Å². The van der Waals surface area contributed by atoms with Gasteiger partial charge in [-0.1, -0.05) is 6.92 Å². The number of hydrogen-bond acceptors (Lipinski definition) is 4. The minimum atomic E-state index is -1.27. The quantitative estimate of drug-likeness (QED) is 0.630. The molecule has 29 heavy (non-hydrogen) atoms. The lowest BCUT2D eigenvalue weighted by Gasteiger charge is -2.45. The second-order valence-electron chi connectivity index (χ2n) is 8.07. The monoisotopic (exact) mass is 515 g/mol. The molecule has 1 aromatic carbocycles. The molecular formula is C21H27FIN3O3. The summed E-state index contributed by atoms with van der Waals surface area (Å²) in [6, 6.07) is 3.72. The number of piperazine rings is 1. The van der Waals surface area contributed by atoms with Crippen molar-refractivity contribution < 1.29 is 14.3 Å². The Kier molecular flexibility index (Phi) is 6.24. The SMILES string of the molecule is CCN1C(C)CN(c2cc3c(cc2F)c(=O)c(C(=O)O)cn3C2CC2)CC1C.I. The van der Waals surface area contributed by atoms with Gasteiger partial charge in [-0.3, -0.25) is 9.69 Å². The van der Waals surface area contributed by atoms with Crippen LogP contribution in [0.5, 0.6) is 0 Å². The van der Waals surface area contributed by atoms with Crippen LogP contribution in [0, 0.1) is 5.82 Å². The summed E-state index contributed by atoms with van der Waals surface area (Å²) in [7, 11) is 0. The van der Waals surface area contributed by atoms with Crippen LogP contribution in [-0.2, 0) is 0 Å². The number of rotatable bonds is 4. The first-order valence-corrected chi connectivity index (χ1v) is 9.94. The van der Waals surface area contributed by atoms with E-state index in [0.717, 1.165) is 19.4 Å². The highest BCUT2D eigenvalue weighted by atomic mass is 127. The van der Waals surface area contributed by atoms with Gasteiger partial charge in [0.05, 0.1) is 11.2 Å². The maximum absolute atomic E-state index is 15.0. The fraction of sp³-hybridized carbons (Fsp3) is 0.524. The lowest BCUT2D eigenvalue weighted by molar-refractivity contribution is 0.0695. The number of likely N-dealkylation sites (N-methyl/N-ethyl adjacent to an activating group) is 1. The molecule has 1 N–H and O–H groups in total. The molecule has 0 bridgehead atoms. The molecule has 2 atom stereocenters. The van der Waals surface area contributed by atoms with Crippen molar-refractivity contribution in [2.75, 3.05) is 24.5 Å².